The lowest BCUT2D eigenvalue weighted by Crippen LogP contribution is -2.18. The zero-order valence-corrected chi connectivity index (χ0v) is 28.2. The third-order valence-electron chi connectivity index (χ3n) is 9.76. The molecular formula is C44H26N4S2. The lowest BCUT2D eigenvalue weighted by Gasteiger charge is -2.38. The van der Waals surface area contributed by atoms with Crippen molar-refractivity contribution in [3.63, 3.8) is 0 Å². The molecule has 2 aliphatic heterocycles. The van der Waals surface area contributed by atoms with Crippen LogP contribution in [0.15, 0.2) is 177 Å². The van der Waals surface area contributed by atoms with Crippen molar-refractivity contribution in [3.8, 4) is 28.3 Å². The monoisotopic (exact) mass is 674 g/mol. The first kappa shape index (κ1) is 28.1. The van der Waals surface area contributed by atoms with Crippen LogP contribution in [0.5, 0.6) is 0 Å². The first-order chi connectivity index (χ1) is 24.8. The predicted molar refractivity (Wildman–Crippen MR) is 208 cm³/mol. The third kappa shape index (κ3) is 4.16. The van der Waals surface area contributed by atoms with Gasteiger partial charge >= 0.3 is 0 Å². The molecule has 0 saturated carbocycles. The Morgan fingerprint density at radius 1 is 0.420 bits per heavy atom. The van der Waals surface area contributed by atoms with E-state index < -0.39 is 0 Å². The number of aromatic nitrogens is 3. The van der Waals surface area contributed by atoms with Crippen molar-refractivity contribution in [2.45, 2.75) is 19.6 Å². The standard InChI is InChI=1S/C44H26N4S2/c1-2-12-27(13-3-1)42-31-15-4-6-16-33(31)45-44(46-42)48-34-17-7-5-14-30(34)32-24-28(22-23-35(32)48)29-25-40-43-41(26-29)50-39-21-11-9-19-37(39)47(43)36-18-8-10-20-38(36)49-40/h1-26H. The number of fused-ring (bicyclic) bond motifs is 8. The van der Waals surface area contributed by atoms with E-state index in [0.717, 1.165) is 33.2 Å². The van der Waals surface area contributed by atoms with Gasteiger partial charge in [-0.15, -0.1) is 0 Å². The minimum atomic E-state index is 0.671. The van der Waals surface area contributed by atoms with Crippen LogP contribution >= 0.6 is 23.5 Å². The molecule has 0 atom stereocenters. The van der Waals surface area contributed by atoms with Crippen LogP contribution < -0.4 is 4.90 Å². The second-order valence-corrected chi connectivity index (χ2v) is 14.8. The van der Waals surface area contributed by atoms with Gasteiger partial charge in [0.1, 0.15) is 0 Å². The molecule has 0 N–H and O–H groups in total. The van der Waals surface area contributed by atoms with Crippen LogP contribution in [0.25, 0.3) is 61.0 Å². The van der Waals surface area contributed by atoms with Gasteiger partial charge in [-0.2, -0.15) is 0 Å². The number of rotatable bonds is 3. The van der Waals surface area contributed by atoms with E-state index in [0.29, 0.717) is 5.95 Å². The van der Waals surface area contributed by atoms with Gasteiger partial charge in [0.15, 0.2) is 0 Å². The van der Waals surface area contributed by atoms with Crippen molar-refractivity contribution in [2.75, 3.05) is 4.90 Å². The number of benzene rings is 7. The second-order valence-electron chi connectivity index (χ2n) is 12.6. The van der Waals surface area contributed by atoms with E-state index in [2.05, 4.69) is 155 Å². The Balaban J connectivity index is 1.11. The normalized spacial score (nSPS) is 13.0. The first-order valence-electron chi connectivity index (χ1n) is 16.7. The highest BCUT2D eigenvalue weighted by molar-refractivity contribution is 8.00. The van der Waals surface area contributed by atoms with E-state index in [1.54, 1.807) is 0 Å². The van der Waals surface area contributed by atoms with Crippen molar-refractivity contribution < 1.29 is 0 Å². The number of hydrogen-bond donors (Lipinski definition) is 0. The Hall–Kier alpha value is -5.82. The smallest absolute Gasteiger partial charge is 0.235 e. The van der Waals surface area contributed by atoms with E-state index in [-0.39, 0.29) is 0 Å². The zero-order valence-electron chi connectivity index (χ0n) is 26.6. The Labute approximate surface area is 297 Å². The van der Waals surface area contributed by atoms with E-state index in [9.17, 15) is 0 Å². The SMILES string of the molecule is c1ccc(-c2nc(-n3c4ccccc4c4cc(-c5cc6c7c(c5)Sc5ccccc5N7c5ccccc5S6)ccc43)nc3ccccc23)cc1. The van der Waals surface area contributed by atoms with Gasteiger partial charge in [-0.3, -0.25) is 4.57 Å². The molecule has 0 amide bonds. The molecule has 0 saturated heterocycles. The zero-order chi connectivity index (χ0) is 32.8. The third-order valence-corrected chi connectivity index (χ3v) is 12.0. The highest BCUT2D eigenvalue weighted by atomic mass is 32.2. The van der Waals surface area contributed by atoms with Crippen molar-refractivity contribution in [1.29, 1.82) is 0 Å². The molecule has 9 aromatic rings. The number of para-hydroxylation sites is 4. The molecule has 0 fully saturated rings. The molecule has 0 aliphatic carbocycles. The summed E-state index contributed by atoms with van der Waals surface area (Å²) in [6.07, 6.45) is 0. The van der Waals surface area contributed by atoms with E-state index in [1.165, 1.54) is 58.5 Å². The van der Waals surface area contributed by atoms with Crippen LogP contribution in [0, 0.1) is 0 Å². The molecule has 7 aromatic carbocycles. The van der Waals surface area contributed by atoms with Gasteiger partial charge < -0.3 is 4.90 Å². The van der Waals surface area contributed by atoms with Crippen LogP contribution in [0.4, 0.5) is 17.1 Å². The Kier molecular flexibility index (Phi) is 6.08. The fourth-order valence-electron chi connectivity index (χ4n) is 7.54. The van der Waals surface area contributed by atoms with E-state index in [1.807, 2.05) is 35.7 Å². The fraction of sp³-hybridized carbons (Fsp3) is 0. The largest absolute Gasteiger partial charge is 0.306 e. The summed E-state index contributed by atoms with van der Waals surface area (Å²) in [5.41, 5.74) is 11.3. The molecular weight excluding hydrogens is 649 g/mol. The van der Waals surface area contributed by atoms with E-state index in [4.69, 9.17) is 9.97 Å². The molecule has 4 nitrogen and oxygen atoms in total. The summed E-state index contributed by atoms with van der Waals surface area (Å²) < 4.78 is 2.22. The Morgan fingerprint density at radius 3 is 1.80 bits per heavy atom. The second kappa shape index (κ2) is 10.8. The molecule has 0 bridgehead atoms. The summed E-state index contributed by atoms with van der Waals surface area (Å²) >= 11 is 3.73. The molecule has 6 heteroatoms. The Bertz CT molecular complexity index is 2770. The molecule has 50 heavy (non-hydrogen) atoms. The van der Waals surface area contributed by atoms with Gasteiger partial charge in [0, 0.05) is 41.3 Å². The molecule has 0 unspecified atom stereocenters. The maximum atomic E-state index is 5.26. The molecule has 11 rings (SSSR count). The van der Waals surface area contributed by atoms with Gasteiger partial charge in [0.2, 0.25) is 5.95 Å². The lowest BCUT2D eigenvalue weighted by atomic mass is 10.0. The van der Waals surface area contributed by atoms with Crippen molar-refractivity contribution in [3.05, 3.63) is 158 Å². The number of anilines is 3. The maximum Gasteiger partial charge on any atom is 0.235 e. The van der Waals surface area contributed by atoms with Crippen LogP contribution in [-0.2, 0) is 0 Å². The fourth-order valence-corrected chi connectivity index (χ4v) is 9.86. The quantitative estimate of drug-likeness (QED) is 0.186. The highest BCUT2D eigenvalue weighted by Gasteiger charge is 2.33. The van der Waals surface area contributed by atoms with Crippen LogP contribution in [0.3, 0.4) is 0 Å². The average Bonchev–Trinajstić information content (AvgIpc) is 3.51. The summed E-state index contributed by atoms with van der Waals surface area (Å²) in [5.74, 6) is 0.671. The summed E-state index contributed by atoms with van der Waals surface area (Å²) in [4.78, 5) is 18.0. The van der Waals surface area contributed by atoms with E-state index >= 15 is 0 Å². The minimum Gasteiger partial charge on any atom is -0.306 e. The van der Waals surface area contributed by atoms with Gasteiger partial charge in [-0.05, 0) is 71.8 Å². The van der Waals surface area contributed by atoms with Gasteiger partial charge in [0.25, 0.3) is 0 Å². The number of nitrogens with zero attached hydrogens (tertiary/aromatic N) is 4. The molecule has 0 radical (unpaired) electrons. The topological polar surface area (TPSA) is 34.0 Å². The number of hydrogen-bond acceptors (Lipinski definition) is 5. The molecule has 2 aliphatic rings. The first-order valence-corrected chi connectivity index (χ1v) is 18.3. The molecule has 2 aromatic heterocycles. The summed E-state index contributed by atoms with van der Waals surface area (Å²) in [7, 11) is 0. The van der Waals surface area contributed by atoms with Gasteiger partial charge in [-0.25, -0.2) is 9.97 Å². The summed E-state index contributed by atoms with van der Waals surface area (Å²) in [6.45, 7) is 0. The molecule has 4 heterocycles. The molecule has 0 spiro atoms. The van der Waals surface area contributed by atoms with Gasteiger partial charge in [0.05, 0.1) is 39.3 Å². The predicted octanol–water partition coefficient (Wildman–Crippen LogP) is 12.5. The summed E-state index contributed by atoms with van der Waals surface area (Å²) in [5, 5.41) is 3.40. The van der Waals surface area contributed by atoms with Crippen LogP contribution in [0.2, 0.25) is 0 Å². The van der Waals surface area contributed by atoms with Crippen LogP contribution in [-0.4, -0.2) is 14.5 Å². The van der Waals surface area contributed by atoms with Crippen molar-refractivity contribution in [2.24, 2.45) is 0 Å². The summed E-state index contributed by atoms with van der Waals surface area (Å²) in [6, 6.07) is 56.4. The van der Waals surface area contributed by atoms with Gasteiger partial charge in [-0.1, -0.05) is 121 Å². The van der Waals surface area contributed by atoms with Crippen LogP contribution in [0.1, 0.15) is 0 Å². The maximum absolute atomic E-state index is 5.26. The highest BCUT2D eigenvalue weighted by Crippen LogP contribution is 2.60. The Morgan fingerprint density at radius 2 is 1.04 bits per heavy atom. The lowest BCUT2D eigenvalue weighted by molar-refractivity contribution is 1.01. The minimum absolute atomic E-state index is 0.671. The van der Waals surface area contributed by atoms with Crippen molar-refractivity contribution >= 4 is 73.3 Å². The molecule has 234 valence electrons. The van der Waals surface area contributed by atoms with Crippen molar-refractivity contribution in [1.82, 2.24) is 14.5 Å². The average molecular weight is 675 g/mol.